The molecule has 0 aliphatic carbocycles. The number of nitrogens with one attached hydrogen (secondary N) is 1. The Hall–Kier alpha value is -0.910. The molecule has 20 heavy (non-hydrogen) atoms. The van der Waals surface area contributed by atoms with Gasteiger partial charge in [0.05, 0.1) is 8.95 Å². The molecule has 2 aromatic rings. The quantitative estimate of drug-likeness (QED) is 0.761. The average Bonchev–Trinajstić information content (AvgIpc) is 2.42. The molecular weight excluding hydrogens is 389 g/mol. The lowest BCUT2D eigenvalue weighted by atomic mass is 10.1. The van der Waals surface area contributed by atoms with Crippen molar-refractivity contribution >= 4 is 31.9 Å². The number of hydrogen-bond acceptors (Lipinski definition) is 2. The van der Waals surface area contributed by atoms with Crippen molar-refractivity contribution < 1.29 is 9.50 Å². The van der Waals surface area contributed by atoms with Gasteiger partial charge in [-0.2, -0.15) is 0 Å². The molecule has 0 radical (unpaired) electrons. The second-order valence-electron chi connectivity index (χ2n) is 4.57. The van der Waals surface area contributed by atoms with Crippen LogP contribution in [-0.2, 0) is 6.54 Å². The van der Waals surface area contributed by atoms with E-state index < -0.39 is 0 Å². The van der Waals surface area contributed by atoms with Gasteiger partial charge in [-0.25, -0.2) is 4.39 Å². The molecule has 0 spiro atoms. The van der Waals surface area contributed by atoms with Crippen LogP contribution in [0, 0.1) is 5.82 Å². The molecule has 0 aliphatic rings. The standard InChI is InChI=1S/C15H14Br2FNO/c1-9(11-3-2-4-12(18)7-11)19-8-10-5-13(16)15(20)14(17)6-10/h2-7,9,19-20H,8H2,1H3/t9-/m0/s1. The van der Waals surface area contributed by atoms with Crippen LogP contribution in [0.3, 0.4) is 0 Å². The van der Waals surface area contributed by atoms with E-state index in [1.165, 1.54) is 12.1 Å². The second kappa shape index (κ2) is 6.70. The van der Waals surface area contributed by atoms with Gasteiger partial charge >= 0.3 is 0 Å². The molecular formula is C15H14Br2FNO. The van der Waals surface area contributed by atoms with Crippen molar-refractivity contribution in [1.82, 2.24) is 5.32 Å². The summed E-state index contributed by atoms with van der Waals surface area (Å²) in [7, 11) is 0. The van der Waals surface area contributed by atoms with Crippen molar-refractivity contribution in [1.29, 1.82) is 0 Å². The van der Waals surface area contributed by atoms with Gasteiger partial charge < -0.3 is 10.4 Å². The minimum absolute atomic E-state index is 0.0389. The Kier molecular flexibility index (Phi) is 5.18. The van der Waals surface area contributed by atoms with Crippen LogP contribution in [0.5, 0.6) is 5.75 Å². The fourth-order valence-corrected chi connectivity index (χ4v) is 3.17. The summed E-state index contributed by atoms with van der Waals surface area (Å²) in [6.45, 7) is 2.61. The van der Waals surface area contributed by atoms with Gasteiger partial charge in [0.25, 0.3) is 0 Å². The predicted octanol–water partition coefficient (Wildman–Crippen LogP) is 4.91. The zero-order valence-corrected chi connectivity index (χ0v) is 14.0. The van der Waals surface area contributed by atoms with E-state index in [9.17, 15) is 9.50 Å². The number of phenolic OH excluding ortho intramolecular Hbond substituents is 1. The van der Waals surface area contributed by atoms with Gasteiger partial charge in [0, 0.05) is 12.6 Å². The molecule has 1 atom stereocenters. The number of rotatable bonds is 4. The average molecular weight is 403 g/mol. The lowest BCUT2D eigenvalue weighted by Gasteiger charge is -2.15. The zero-order chi connectivity index (χ0) is 14.7. The molecule has 0 fully saturated rings. The predicted molar refractivity (Wildman–Crippen MR) is 85.2 cm³/mol. The van der Waals surface area contributed by atoms with E-state index in [2.05, 4.69) is 37.2 Å². The largest absolute Gasteiger partial charge is 0.506 e. The third-order valence-electron chi connectivity index (χ3n) is 3.04. The SMILES string of the molecule is C[C@H](NCc1cc(Br)c(O)c(Br)c1)c1cccc(F)c1. The maximum Gasteiger partial charge on any atom is 0.143 e. The number of benzene rings is 2. The number of hydrogen-bond donors (Lipinski definition) is 2. The molecule has 2 rings (SSSR count). The number of aromatic hydroxyl groups is 1. The van der Waals surface area contributed by atoms with E-state index in [1.807, 2.05) is 25.1 Å². The van der Waals surface area contributed by atoms with E-state index in [-0.39, 0.29) is 17.6 Å². The molecule has 0 unspecified atom stereocenters. The first kappa shape index (κ1) is 15.5. The third-order valence-corrected chi connectivity index (χ3v) is 4.25. The second-order valence-corrected chi connectivity index (χ2v) is 6.27. The molecule has 2 nitrogen and oxygen atoms in total. The first-order valence-corrected chi connectivity index (χ1v) is 7.71. The maximum atomic E-state index is 13.2. The molecule has 106 valence electrons. The molecule has 2 aromatic carbocycles. The van der Waals surface area contributed by atoms with Gasteiger partial charge in [-0.1, -0.05) is 12.1 Å². The van der Waals surface area contributed by atoms with Crippen LogP contribution in [0.15, 0.2) is 45.3 Å². The summed E-state index contributed by atoms with van der Waals surface area (Å²) in [6.07, 6.45) is 0. The highest BCUT2D eigenvalue weighted by atomic mass is 79.9. The van der Waals surface area contributed by atoms with Gasteiger partial charge in [-0.05, 0) is 74.2 Å². The Bertz CT molecular complexity index is 596. The van der Waals surface area contributed by atoms with Crippen molar-refractivity contribution in [3.63, 3.8) is 0 Å². The molecule has 0 saturated heterocycles. The molecule has 0 saturated carbocycles. The molecule has 0 aliphatic heterocycles. The summed E-state index contributed by atoms with van der Waals surface area (Å²) in [5.74, 6) is -0.0433. The van der Waals surface area contributed by atoms with Crippen LogP contribution >= 0.6 is 31.9 Å². The van der Waals surface area contributed by atoms with Crippen LogP contribution in [0.25, 0.3) is 0 Å². The Balaban J connectivity index is 2.05. The van der Waals surface area contributed by atoms with E-state index in [0.717, 1.165) is 11.1 Å². The lowest BCUT2D eigenvalue weighted by Crippen LogP contribution is -2.18. The van der Waals surface area contributed by atoms with Gasteiger partial charge in [-0.3, -0.25) is 0 Å². The normalized spacial score (nSPS) is 12.4. The van der Waals surface area contributed by atoms with Gasteiger partial charge in [0.15, 0.2) is 0 Å². The summed E-state index contributed by atoms with van der Waals surface area (Å²) in [5.41, 5.74) is 1.92. The van der Waals surface area contributed by atoms with E-state index in [0.29, 0.717) is 15.5 Å². The van der Waals surface area contributed by atoms with Crippen LogP contribution < -0.4 is 5.32 Å². The first-order valence-electron chi connectivity index (χ1n) is 6.13. The zero-order valence-electron chi connectivity index (χ0n) is 10.8. The fourth-order valence-electron chi connectivity index (χ4n) is 1.88. The molecule has 0 aromatic heterocycles. The van der Waals surface area contributed by atoms with E-state index in [4.69, 9.17) is 0 Å². The summed E-state index contributed by atoms with van der Waals surface area (Å²) in [4.78, 5) is 0. The maximum absolute atomic E-state index is 13.2. The topological polar surface area (TPSA) is 32.3 Å². The fraction of sp³-hybridized carbons (Fsp3) is 0.200. The lowest BCUT2D eigenvalue weighted by molar-refractivity contribution is 0.467. The van der Waals surface area contributed by atoms with Crippen LogP contribution in [0.2, 0.25) is 0 Å². The molecule has 2 N–H and O–H groups in total. The smallest absolute Gasteiger partial charge is 0.143 e. The van der Waals surface area contributed by atoms with Crippen molar-refractivity contribution in [3.05, 3.63) is 62.3 Å². The Morgan fingerprint density at radius 3 is 2.45 bits per heavy atom. The molecule has 5 heteroatoms. The van der Waals surface area contributed by atoms with Crippen LogP contribution in [0.4, 0.5) is 4.39 Å². The summed E-state index contributed by atoms with van der Waals surface area (Å²) >= 11 is 6.60. The molecule has 0 bridgehead atoms. The van der Waals surface area contributed by atoms with Crippen molar-refractivity contribution in [3.8, 4) is 5.75 Å². The monoisotopic (exact) mass is 401 g/mol. The Labute approximate surface area is 134 Å². The van der Waals surface area contributed by atoms with Crippen molar-refractivity contribution in [2.45, 2.75) is 19.5 Å². The summed E-state index contributed by atoms with van der Waals surface area (Å²) < 4.78 is 14.5. The highest BCUT2D eigenvalue weighted by Crippen LogP contribution is 2.33. The van der Waals surface area contributed by atoms with Crippen molar-refractivity contribution in [2.75, 3.05) is 0 Å². The minimum atomic E-state index is -0.230. The Morgan fingerprint density at radius 2 is 1.85 bits per heavy atom. The number of halogens is 3. The number of phenols is 1. The molecule has 0 amide bonds. The van der Waals surface area contributed by atoms with E-state index >= 15 is 0 Å². The van der Waals surface area contributed by atoms with Gasteiger partial charge in [0.2, 0.25) is 0 Å². The van der Waals surface area contributed by atoms with Gasteiger partial charge in [0.1, 0.15) is 11.6 Å². The first-order chi connectivity index (χ1) is 9.47. The highest BCUT2D eigenvalue weighted by Gasteiger charge is 2.09. The summed E-state index contributed by atoms with van der Waals surface area (Å²) in [5, 5.41) is 13.0. The van der Waals surface area contributed by atoms with Crippen molar-refractivity contribution in [2.24, 2.45) is 0 Å². The van der Waals surface area contributed by atoms with Gasteiger partial charge in [-0.15, -0.1) is 0 Å². The highest BCUT2D eigenvalue weighted by molar-refractivity contribution is 9.11. The minimum Gasteiger partial charge on any atom is -0.506 e. The third kappa shape index (κ3) is 3.81. The van der Waals surface area contributed by atoms with Crippen LogP contribution in [-0.4, -0.2) is 5.11 Å². The van der Waals surface area contributed by atoms with E-state index in [1.54, 1.807) is 6.07 Å². The Morgan fingerprint density at radius 1 is 1.20 bits per heavy atom. The van der Waals surface area contributed by atoms with Crippen LogP contribution in [0.1, 0.15) is 24.1 Å². The molecule has 0 heterocycles. The summed E-state index contributed by atoms with van der Waals surface area (Å²) in [6, 6.07) is 10.3.